The molecule has 0 fully saturated rings. The zero-order valence-corrected chi connectivity index (χ0v) is 14.0. The number of hydrogen-bond donors (Lipinski definition) is 1. The van der Waals surface area contributed by atoms with E-state index in [0.717, 1.165) is 22.6 Å². The summed E-state index contributed by atoms with van der Waals surface area (Å²) in [7, 11) is 0. The third-order valence-electron chi connectivity index (χ3n) is 4.00. The fourth-order valence-electron chi connectivity index (χ4n) is 2.75. The Hall–Kier alpha value is -3.35. The lowest BCUT2D eigenvalue weighted by Crippen LogP contribution is -2.15. The molecule has 1 aliphatic heterocycles. The predicted molar refractivity (Wildman–Crippen MR) is 94.1 cm³/mol. The number of fused-ring (bicyclic) bond motifs is 1. The van der Waals surface area contributed by atoms with Crippen LogP contribution in [0.3, 0.4) is 0 Å². The second-order valence-electron chi connectivity index (χ2n) is 5.85. The summed E-state index contributed by atoms with van der Waals surface area (Å²) in [5.74, 6) is 1.84. The zero-order chi connectivity index (χ0) is 17.8. The number of aryl methyl sites for hydroxylation is 1. The molecule has 2 aromatic carbocycles. The van der Waals surface area contributed by atoms with Crippen LogP contribution >= 0.6 is 0 Å². The van der Waals surface area contributed by atoms with Crippen LogP contribution in [0.15, 0.2) is 53.3 Å². The van der Waals surface area contributed by atoms with Gasteiger partial charge in [-0.1, -0.05) is 12.1 Å². The molecule has 1 amide bonds. The van der Waals surface area contributed by atoms with Gasteiger partial charge in [-0.15, -0.1) is 10.2 Å². The summed E-state index contributed by atoms with van der Waals surface area (Å²) in [5.41, 5.74) is 2.48. The minimum absolute atomic E-state index is 0.0671. The van der Waals surface area contributed by atoms with Crippen LogP contribution in [-0.4, -0.2) is 29.3 Å². The zero-order valence-electron chi connectivity index (χ0n) is 14.0. The van der Waals surface area contributed by atoms with Crippen molar-refractivity contribution in [2.75, 3.05) is 18.5 Å². The molecule has 7 nitrogen and oxygen atoms in total. The van der Waals surface area contributed by atoms with Crippen molar-refractivity contribution < 1.29 is 18.7 Å². The van der Waals surface area contributed by atoms with Crippen molar-refractivity contribution in [1.29, 1.82) is 0 Å². The Morgan fingerprint density at radius 1 is 1.08 bits per heavy atom. The number of nitrogens with one attached hydrogen (secondary N) is 1. The highest BCUT2D eigenvalue weighted by Crippen LogP contribution is 2.31. The number of ether oxygens (including phenoxy) is 2. The van der Waals surface area contributed by atoms with Gasteiger partial charge < -0.3 is 19.2 Å². The first kappa shape index (κ1) is 16.1. The Morgan fingerprint density at radius 3 is 2.81 bits per heavy atom. The van der Waals surface area contributed by atoms with E-state index in [2.05, 4.69) is 15.5 Å². The molecule has 26 heavy (non-hydrogen) atoms. The molecule has 0 saturated carbocycles. The maximum absolute atomic E-state index is 12.3. The van der Waals surface area contributed by atoms with Gasteiger partial charge >= 0.3 is 0 Å². The number of carbonyl (C=O) groups is 1. The molecule has 0 saturated heterocycles. The van der Waals surface area contributed by atoms with Crippen LogP contribution in [0, 0.1) is 0 Å². The molecule has 0 atom stereocenters. The lowest BCUT2D eigenvalue weighted by atomic mass is 10.1. The van der Waals surface area contributed by atoms with Gasteiger partial charge in [-0.05, 0) is 42.3 Å². The smallest absolute Gasteiger partial charge is 0.247 e. The van der Waals surface area contributed by atoms with Crippen molar-refractivity contribution in [1.82, 2.24) is 10.2 Å². The molecule has 2 heterocycles. The third kappa shape index (κ3) is 3.66. The van der Waals surface area contributed by atoms with E-state index in [4.69, 9.17) is 13.9 Å². The normalized spacial score (nSPS) is 12.6. The van der Waals surface area contributed by atoms with Crippen LogP contribution in [0.5, 0.6) is 11.5 Å². The number of amides is 1. The van der Waals surface area contributed by atoms with Gasteiger partial charge in [0, 0.05) is 17.7 Å². The first-order valence-electron chi connectivity index (χ1n) is 8.33. The van der Waals surface area contributed by atoms with E-state index in [9.17, 15) is 4.79 Å². The van der Waals surface area contributed by atoms with Gasteiger partial charge in [0.05, 0.1) is 0 Å². The van der Waals surface area contributed by atoms with Crippen molar-refractivity contribution >= 4 is 11.6 Å². The van der Waals surface area contributed by atoms with Gasteiger partial charge in [-0.25, -0.2) is 0 Å². The lowest BCUT2D eigenvalue weighted by Gasteiger charge is -2.18. The third-order valence-corrected chi connectivity index (χ3v) is 4.00. The molecule has 0 unspecified atom stereocenters. The summed E-state index contributed by atoms with van der Waals surface area (Å²) in [6.07, 6.45) is 2.25. The van der Waals surface area contributed by atoms with Crippen molar-refractivity contribution in [3.8, 4) is 23.0 Å². The Kier molecular flexibility index (Phi) is 4.51. The van der Waals surface area contributed by atoms with Gasteiger partial charge in [0.2, 0.25) is 18.2 Å². The van der Waals surface area contributed by atoms with Crippen LogP contribution in [-0.2, 0) is 11.2 Å². The maximum Gasteiger partial charge on any atom is 0.247 e. The Bertz CT molecular complexity index is 909. The molecule has 1 N–H and O–H groups in total. The summed E-state index contributed by atoms with van der Waals surface area (Å²) in [6, 6.07) is 13.1. The highest BCUT2D eigenvalue weighted by atomic mass is 16.6. The minimum Gasteiger partial charge on any atom is -0.486 e. The molecule has 1 aliphatic rings. The van der Waals surface area contributed by atoms with Gasteiger partial charge in [0.15, 0.2) is 11.5 Å². The van der Waals surface area contributed by atoms with E-state index in [0.29, 0.717) is 37.6 Å². The fraction of sp³-hybridized carbons (Fsp3) is 0.211. The second kappa shape index (κ2) is 7.26. The Labute approximate surface area is 150 Å². The van der Waals surface area contributed by atoms with Crippen LogP contribution in [0.1, 0.15) is 12.0 Å². The largest absolute Gasteiger partial charge is 0.486 e. The van der Waals surface area contributed by atoms with Gasteiger partial charge in [-0.2, -0.15) is 0 Å². The molecule has 0 radical (unpaired) electrons. The Balaban J connectivity index is 1.36. The van der Waals surface area contributed by atoms with Gasteiger partial charge in [0.1, 0.15) is 13.2 Å². The molecule has 0 aliphatic carbocycles. The summed E-state index contributed by atoms with van der Waals surface area (Å²) in [4.78, 5) is 12.3. The summed E-state index contributed by atoms with van der Waals surface area (Å²) < 4.78 is 16.2. The number of aromatic nitrogens is 2. The quantitative estimate of drug-likeness (QED) is 0.760. The van der Waals surface area contributed by atoms with Crippen LogP contribution < -0.4 is 14.8 Å². The topological polar surface area (TPSA) is 86.5 Å². The van der Waals surface area contributed by atoms with Crippen molar-refractivity contribution in [3.05, 3.63) is 54.4 Å². The highest BCUT2D eigenvalue weighted by molar-refractivity contribution is 5.91. The van der Waals surface area contributed by atoms with E-state index >= 15 is 0 Å². The van der Waals surface area contributed by atoms with Crippen molar-refractivity contribution in [2.24, 2.45) is 0 Å². The molecular weight excluding hydrogens is 334 g/mol. The van der Waals surface area contributed by atoms with Crippen LogP contribution in [0.4, 0.5) is 5.69 Å². The number of carbonyl (C=O) groups excluding carboxylic acids is 1. The maximum atomic E-state index is 12.3. The minimum atomic E-state index is -0.0671. The van der Waals surface area contributed by atoms with Gasteiger partial charge in [0.25, 0.3) is 0 Å². The van der Waals surface area contributed by atoms with E-state index in [1.54, 1.807) is 6.07 Å². The number of nitrogens with zero attached hydrogens (tertiary/aromatic N) is 2. The summed E-state index contributed by atoms with van der Waals surface area (Å²) >= 11 is 0. The fourth-order valence-corrected chi connectivity index (χ4v) is 2.75. The Morgan fingerprint density at radius 2 is 1.96 bits per heavy atom. The van der Waals surface area contributed by atoms with E-state index in [1.807, 2.05) is 36.4 Å². The molecule has 1 aromatic heterocycles. The number of hydrogen-bond acceptors (Lipinski definition) is 6. The van der Waals surface area contributed by atoms with Crippen molar-refractivity contribution in [3.63, 3.8) is 0 Å². The molecule has 0 bridgehead atoms. The second-order valence-corrected chi connectivity index (χ2v) is 5.85. The monoisotopic (exact) mass is 351 g/mol. The van der Waals surface area contributed by atoms with Crippen LogP contribution in [0.25, 0.3) is 11.5 Å². The molecule has 4 rings (SSSR count). The standard InChI is InChI=1S/C19H17N3O4/c23-18(7-5-13-4-6-16-17(10-13)25-9-8-24-16)21-15-3-1-2-14(11-15)19-22-20-12-26-19/h1-4,6,10-12H,5,7-9H2,(H,21,23). The molecule has 132 valence electrons. The van der Waals surface area contributed by atoms with E-state index in [1.165, 1.54) is 6.39 Å². The number of benzene rings is 2. The van der Waals surface area contributed by atoms with E-state index in [-0.39, 0.29) is 5.91 Å². The highest BCUT2D eigenvalue weighted by Gasteiger charge is 2.12. The molecular formula is C19H17N3O4. The first-order valence-corrected chi connectivity index (χ1v) is 8.33. The first-order chi connectivity index (χ1) is 12.8. The summed E-state index contributed by atoms with van der Waals surface area (Å²) in [6.45, 7) is 1.12. The average molecular weight is 351 g/mol. The number of anilines is 1. The SMILES string of the molecule is O=C(CCc1ccc2c(c1)OCCO2)Nc1cccc(-c2nnco2)c1. The predicted octanol–water partition coefficient (Wildman–Crippen LogP) is 3.08. The van der Waals surface area contributed by atoms with Gasteiger partial charge in [-0.3, -0.25) is 4.79 Å². The van der Waals surface area contributed by atoms with Crippen molar-refractivity contribution in [2.45, 2.75) is 12.8 Å². The average Bonchev–Trinajstić information content (AvgIpc) is 3.21. The summed E-state index contributed by atoms with van der Waals surface area (Å²) in [5, 5.41) is 10.4. The lowest BCUT2D eigenvalue weighted by molar-refractivity contribution is -0.116. The molecule has 7 heteroatoms. The molecule has 3 aromatic rings. The van der Waals surface area contributed by atoms with E-state index < -0.39 is 0 Å². The van der Waals surface area contributed by atoms with Crippen LogP contribution in [0.2, 0.25) is 0 Å². The number of rotatable bonds is 5. The molecule has 0 spiro atoms.